The standard InChI is InChI=1S/C24H24ClN3O2/c1-15-20(25)11-12-21-22(15)24(17-5-6-17,18-7-8-18)28(14-26)23(29)27(21)13-16-3-9-19(30-2)10-4-16/h3-4,9-12,17-18H,5-8,13H2,1-2H3. The third-order valence-electron chi connectivity index (χ3n) is 6.86. The van der Waals surface area contributed by atoms with Crippen molar-refractivity contribution in [2.45, 2.75) is 44.7 Å². The number of hydrogen-bond donors (Lipinski definition) is 0. The number of ether oxygens (including phenoxy) is 1. The van der Waals surface area contributed by atoms with Crippen LogP contribution in [-0.4, -0.2) is 18.0 Å². The molecule has 2 aromatic rings. The lowest BCUT2D eigenvalue weighted by Gasteiger charge is -2.49. The van der Waals surface area contributed by atoms with Gasteiger partial charge in [-0.2, -0.15) is 5.26 Å². The maximum atomic E-state index is 13.7. The van der Waals surface area contributed by atoms with Crippen LogP contribution in [0.1, 0.15) is 42.4 Å². The number of carbonyl (C=O) groups excluding carboxylic acids is 1. The first-order valence-corrected chi connectivity index (χ1v) is 10.8. The van der Waals surface area contributed by atoms with Gasteiger partial charge < -0.3 is 4.74 Å². The van der Waals surface area contributed by atoms with Gasteiger partial charge in [0, 0.05) is 10.6 Å². The Balaban J connectivity index is 1.67. The van der Waals surface area contributed by atoms with Gasteiger partial charge in [-0.3, -0.25) is 4.90 Å². The van der Waals surface area contributed by atoms with Crippen LogP contribution >= 0.6 is 11.6 Å². The van der Waals surface area contributed by atoms with Gasteiger partial charge in [-0.15, -0.1) is 0 Å². The number of rotatable bonds is 5. The van der Waals surface area contributed by atoms with E-state index in [4.69, 9.17) is 16.3 Å². The second kappa shape index (κ2) is 6.92. The molecule has 0 bridgehead atoms. The summed E-state index contributed by atoms with van der Waals surface area (Å²) in [6, 6.07) is 11.3. The Bertz CT molecular complexity index is 1040. The van der Waals surface area contributed by atoms with Gasteiger partial charge in [0.05, 0.1) is 24.9 Å². The van der Waals surface area contributed by atoms with Gasteiger partial charge in [-0.1, -0.05) is 23.7 Å². The summed E-state index contributed by atoms with van der Waals surface area (Å²) in [7, 11) is 1.63. The average molecular weight is 422 g/mol. The third kappa shape index (κ3) is 2.70. The van der Waals surface area contributed by atoms with E-state index >= 15 is 0 Å². The van der Waals surface area contributed by atoms with Gasteiger partial charge >= 0.3 is 6.03 Å². The van der Waals surface area contributed by atoms with Gasteiger partial charge in [-0.05, 0) is 79.8 Å². The number of fused-ring (bicyclic) bond motifs is 1. The number of amides is 2. The van der Waals surface area contributed by atoms with Crippen molar-refractivity contribution in [3.8, 4) is 11.9 Å². The molecule has 3 aliphatic rings. The first-order chi connectivity index (χ1) is 14.5. The number of hydrogen-bond acceptors (Lipinski definition) is 3. The van der Waals surface area contributed by atoms with Crippen LogP contribution in [0.4, 0.5) is 10.5 Å². The summed E-state index contributed by atoms with van der Waals surface area (Å²) in [5.41, 5.74) is 3.39. The fourth-order valence-corrected chi connectivity index (χ4v) is 5.40. The zero-order valence-electron chi connectivity index (χ0n) is 17.2. The zero-order chi connectivity index (χ0) is 21.0. The topological polar surface area (TPSA) is 56.6 Å². The van der Waals surface area contributed by atoms with Crippen LogP contribution < -0.4 is 9.64 Å². The lowest BCUT2D eigenvalue weighted by molar-refractivity contribution is 0.112. The van der Waals surface area contributed by atoms with E-state index < -0.39 is 5.54 Å². The minimum atomic E-state index is -0.549. The second-order valence-corrected chi connectivity index (χ2v) is 9.00. The van der Waals surface area contributed by atoms with E-state index in [0.717, 1.165) is 53.8 Å². The van der Waals surface area contributed by atoms with Gasteiger partial charge in [-0.25, -0.2) is 9.69 Å². The van der Waals surface area contributed by atoms with Crippen LogP contribution in [0.3, 0.4) is 0 Å². The molecule has 2 fully saturated rings. The van der Waals surface area contributed by atoms with Crippen molar-refractivity contribution in [2.24, 2.45) is 11.8 Å². The number of nitriles is 1. The highest BCUT2D eigenvalue weighted by atomic mass is 35.5. The number of methoxy groups -OCH3 is 1. The molecule has 0 saturated heterocycles. The van der Waals surface area contributed by atoms with Crippen LogP contribution in [-0.2, 0) is 12.1 Å². The number of carbonyl (C=O) groups is 1. The van der Waals surface area contributed by atoms with Gasteiger partial charge in [0.25, 0.3) is 0 Å². The summed E-state index contributed by atoms with van der Waals surface area (Å²) in [4.78, 5) is 16.9. The Labute approximate surface area is 181 Å². The molecule has 0 aromatic heterocycles. The smallest absolute Gasteiger partial charge is 0.338 e. The molecule has 2 aromatic carbocycles. The Morgan fingerprint density at radius 1 is 1.13 bits per heavy atom. The molecule has 0 atom stereocenters. The fourth-order valence-electron chi connectivity index (χ4n) is 5.24. The third-order valence-corrected chi connectivity index (χ3v) is 7.27. The Morgan fingerprint density at radius 2 is 1.77 bits per heavy atom. The van der Waals surface area contributed by atoms with Crippen molar-refractivity contribution >= 4 is 23.3 Å². The Hall–Kier alpha value is -2.71. The lowest BCUT2D eigenvalue weighted by Crippen LogP contribution is -2.59. The number of nitrogens with zero attached hydrogens (tertiary/aromatic N) is 3. The van der Waals surface area contributed by atoms with Crippen molar-refractivity contribution in [1.82, 2.24) is 4.90 Å². The van der Waals surface area contributed by atoms with E-state index in [1.54, 1.807) is 12.0 Å². The number of anilines is 1. The van der Waals surface area contributed by atoms with Gasteiger partial charge in [0.2, 0.25) is 0 Å². The summed E-state index contributed by atoms with van der Waals surface area (Å²) in [5.74, 6) is 1.42. The van der Waals surface area contributed by atoms with E-state index in [-0.39, 0.29) is 6.03 Å². The minimum absolute atomic E-state index is 0.235. The monoisotopic (exact) mass is 421 g/mol. The highest BCUT2D eigenvalue weighted by Crippen LogP contribution is 2.64. The van der Waals surface area contributed by atoms with Crippen LogP contribution in [0.15, 0.2) is 36.4 Å². The summed E-state index contributed by atoms with van der Waals surface area (Å²) in [6.45, 7) is 2.41. The summed E-state index contributed by atoms with van der Waals surface area (Å²) < 4.78 is 5.25. The maximum absolute atomic E-state index is 13.7. The van der Waals surface area contributed by atoms with Crippen LogP contribution in [0.5, 0.6) is 5.75 Å². The molecule has 30 heavy (non-hydrogen) atoms. The van der Waals surface area contributed by atoms with Crippen molar-refractivity contribution in [3.05, 3.63) is 58.1 Å². The maximum Gasteiger partial charge on any atom is 0.338 e. The van der Waals surface area contributed by atoms with Crippen LogP contribution in [0.2, 0.25) is 5.02 Å². The highest BCUT2D eigenvalue weighted by Gasteiger charge is 2.64. The zero-order valence-corrected chi connectivity index (χ0v) is 17.9. The van der Waals surface area contributed by atoms with Gasteiger partial charge in [0.1, 0.15) is 5.75 Å². The normalized spacial score (nSPS) is 20.0. The SMILES string of the molecule is COc1ccc(CN2C(=O)N(C#N)C(C3CC3)(C3CC3)c3c2ccc(Cl)c3C)cc1. The molecule has 2 amide bonds. The van der Waals surface area contributed by atoms with Crippen molar-refractivity contribution in [3.63, 3.8) is 0 Å². The molecular formula is C24H24ClN3O2. The fraction of sp³-hybridized carbons (Fsp3) is 0.417. The molecule has 6 heteroatoms. The lowest BCUT2D eigenvalue weighted by atomic mass is 9.74. The molecule has 5 nitrogen and oxygen atoms in total. The number of urea groups is 1. The van der Waals surface area contributed by atoms with E-state index in [2.05, 4.69) is 6.19 Å². The summed E-state index contributed by atoms with van der Waals surface area (Å²) in [5, 5.41) is 10.9. The van der Waals surface area contributed by atoms with Crippen molar-refractivity contribution < 1.29 is 9.53 Å². The van der Waals surface area contributed by atoms with Crippen molar-refractivity contribution in [1.29, 1.82) is 5.26 Å². The molecule has 2 aliphatic carbocycles. The largest absolute Gasteiger partial charge is 0.497 e. The summed E-state index contributed by atoms with van der Waals surface area (Å²) >= 11 is 6.57. The molecule has 1 aliphatic heterocycles. The Kier molecular flexibility index (Phi) is 4.44. The van der Waals surface area contributed by atoms with E-state index in [1.807, 2.05) is 43.3 Å². The second-order valence-electron chi connectivity index (χ2n) is 8.59. The highest BCUT2D eigenvalue weighted by molar-refractivity contribution is 6.31. The predicted octanol–water partition coefficient (Wildman–Crippen LogP) is 5.60. The van der Waals surface area contributed by atoms with Gasteiger partial charge in [0.15, 0.2) is 6.19 Å². The molecule has 154 valence electrons. The first-order valence-electron chi connectivity index (χ1n) is 10.5. The van der Waals surface area contributed by atoms with E-state index in [0.29, 0.717) is 23.4 Å². The number of benzene rings is 2. The molecule has 0 N–H and O–H groups in total. The van der Waals surface area contributed by atoms with E-state index in [9.17, 15) is 10.1 Å². The molecule has 0 spiro atoms. The molecule has 1 heterocycles. The number of halogens is 1. The quantitative estimate of drug-likeness (QED) is 0.591. The van der Waals surface area contributed by atoms with Crippen LogP contribution in [0.25, 0.3) is 0 Å². The van der Waals surface area contributed by atoms with Crippen molar-refractivity contribution in [2.75, 3.05) is 12.0 Å². The molecule has 0 radical (unpaired) electrons. The molecule has 0 unspecified atom stereocenters. The average Bonchev–Trinajstić information content (AvgIpc) is 3.65. The molecule has 2 saturated carbocycles. The minimum Gasteiger partial charge on any atom is -0.497 e. The summed E-state index contributed by atoms with van der Waals surface area (Å²) in [6.07, 6.45) is 6.48. The predicted molar refractivity (Wildman–Crippen MR) is 115 cm³/mol. The van der Waals surface area contributed by atoms with Crippen LogP contribution in [0, 0.1) is 30.2 Å². The molecule has 5 rings (SSSR count). The first kappa shape index (κ1) is 19.3. The van der Waals surface area contributed by atoms with E-state index in [1.165, 1.54) is 4.90 Å². The Morgan fingerprint density at radius 3 is 2.30 bits per heavy atom. The molecular weight excluding hydrogens is 398 g/mol.